The number of hydrogen-bond acceptors (Lipinski definition) is 3. The number of carbonyl (C=O) groups is 2. The number of hydrogen-bond donors (Lipinski definition) is 0. The van der Waals surface area contributed by atoms with Gasteiger partial charge in [-0.2, -0.15) is 0 Å². The second-order valence-electron chi connectivity index (χ2n) is 6.53. The molecule has 0 amide bonds. The number of aldehydes is 1. The minimum atomic E-state index is -0.594. The highest BCUT2D eigenvalue weighted by Gasteiger charge is 2.66. The van der Waals surface area contributed by atoms with Gasteiger partial charge in [0.2, 0.25) is 0 Å². The third-order valence-electron chi connectivity index (χ3n) is 5.95. The van der Waals surface area contributed by atoms with E-state index in [0.29, 0.717) is 5.92 Å². The van der Waals surface area contributed by atoms with Crippen LogP contribution in [0.4, 0.5) is 0 Å². The number of rotatable bonds is 2. The van der Waals surface area contributed by atoms with Crippen LogP contribution in [0.1, 0.15) is 39.5 Å². The van der Waals surface area contributed by atoms with Gasteiger partial charge in [-0.25, -0.2) is 0 Å². The molecule has 0 aromatic carbocycles. The van der Waals surface area contributed by atoms with Crippen molar-refractivity contribution in [1.82, 2.24) is 0 Å². The molecule has 3 aliphatic rings. The number of esters is 1. The molecular weight excluding hydrogens is 228 g/mol. The van der Waals surface area contributed by atoms with Gasteiger partial charge in [-0.1, -0.05) is 26.0 Å². The second-order valence-corrected chi connectivity index (χ2v) is 6.53. The van der Waals surface area contributed by atoms with E-state index < -0.39 is 5.41 Å². The molecule has 98 valence electrons. The van der Waals surface area contributed by atoms with Gasteiger partial charge in [0, 0.05) is 12.3 Å². The Kier molecular flexibility index (Phi) is 2.30. The van der Waals surface area contributed by atoms with E-state index in [1.165, 1.54) is 0 Å². The quantitative estimate of drug-likeness (QED) is 0.428. The van der Waals surface area contributed by atoms with E-state index in [1.807, 2.05) is 0 Å². The maximum atomic E-state index is 12.2. The zero-order valence-electron chi connectivity index (χ0n) is 11.1. The number of carbonyl (C=O) groups excluding carboxylic acids is 2. The van der Waals surface area contributed by atoms with Crippen LogP contribution in [0.25, 0.3) is 0 Å². The molecular formula is C15H20O3. The van der Waals surface area contributed by atoms with Crippen molar-refractivity contribution in [2.45, 2.75) is 45.6 Å². The highest BCUT2D eigenvalue weighted by atomic mass is 16.6. The first-order valence-electron chi connectivity index (χ1n) is 6.80. The number of fused-ring (bicyclic) bond motifs is 1. The summed E-state index contributed by atoms with van der Waals surface area (Å²) in [6.45, 7) is 8.75. The Labute approximate surface area is 108 Å². The van der Waals surface area contributed by atoms with Crippen molar-refractivity contribution in [2.75, 3.05) is 0 Å². The van der Waals surface area contributed by atoms with Gasteiger partial charge < -0.3 is 9.53 Å². The van der Waals surface area contributed by atoms with Crippen LogP contribution in [0, 0.1) is 22.7 Å². The van der Waals surface area contributed by atoms with Crippen LogP contribution in [-0.4, -0.2) is 18.4 Å². The van der Waals surface area contributed by atoms with Gasteiger partial charge in [-0.3, -0.25) is 4.79 Å². The summed E-state index contributed by atoms with van der Waals surface area (Å²) in [5.41, 5.74) is 0.662. The fraction of sp³-hybridized carbons (Fsp3) is 0.733. The van der Waals surface area contributed by atoms with Crippen molar-refractivity contribution in [1.29, 1.82) is 0 Å². The SMILES string of the molecule is C=C1C2[C@@H]3C[C@H](C)[C@@]1(C)CC[C@@]2(CC=O)C(=O)O3. The molecule has 18 heavy (non-hydrogen) atoms. The standard InChI is InChI=1S/C15H20O3/c1-9-8-11-12-10(2)14(9,3)4-5-15(12,6-7-16)13(17)18-11/h7,9,11-12H,2,4-6,8H2,1,3H3/t9-,11-,12?,14+,15-/m0/s1. The van der Waals surface area contributed by atoms with Crippen molar-refractivity contribution in [3.63, 3.8) is 0 Å². The maximum absolute atomic E-state index is 12.2. The smallest absolute Gasteiger partial charge is 0.313 e. The Balaban J connectivity index is 2.09. The third kappa shape index (κ3) is 1.15. The summed E-state index contributed by atoms with van der Waals surface area (Å²) in [5.74, 6) is 0.387. The van der Waals surface area contributed by atoms with E-state index in [1.54, 1.807) is 0 Å². The van der Waals surface area contributed by atoms with Crippen molar-refractivity contribution in [3.8, 4) is 0 Å². The molecule has 0 aromatic heterocycles. The molecule has 3 fully saturated rings. The minimum absolute atomic E-state index is 0.0478. The van der Waals surface area contributed by atoms with Gasteiger partial charge in [-0.15, -0.1) is 0 Å². The number of ether oxygens (including phenoxy) is 1. The minimum Gasteiger partial charge on any atom is -0.461 e. The Morgan fingerprint density at radius 3 is 2.89 bits per heavy atom. The predicted octanol–water partition coefficient (Wildman–Crippen LogP) is 2.50. The van der Waals surface area contributed by atoms with Crippen molar-refractivity contribution in [3.05, 3.63) is 12.2 Å². The fourth-order valence-electron chi connectivity index (χ4n) is 4.44. The summed E-state index contributed by atoms with van der Waals surface area (Å²) >= 11 is 0. The normalized spacial score (nSPS) is 50.0. The van der Waals surface area contributed by atoms with Crippen LogP contribution < -0.4 is 0 Å². The van der Waals surface area contributed by atoms with Crippen LogP contribution in [0.5, 0.6) is 0 Å². The summed E-state index contributed by atoms with van der Waals surface area (Å²) < 4.78 is 5.58. The summed E-state index contributed by atoms with van der Waals surface area (Å²) in [7, 11) is 0. The van der Waals surface area contributed by atoms with Crippen molar-refractivity contribution >= 4 is 12.3 Å². The van der Waals surface area contributed by atoms with Crippen LogP contribution in [0.15, 0.2) is 12.2 Å². The fourth-order valence-corrected chi connectivity index (χ4v) is 4.44. The lowest BCUT2D eigenvalue weighted by molar-refractivity contribution is -0.150. The topological polar surface area (TPSA) is 43.4 Å². The summed E-state index contributed by atoms with van der Waals surface area (Å²) in [6.07, 6.45) is 3.74. The van der Waals surface area contributed by atoms with Crippen LogP contribution in [-0.2, 0) is 14.3 Å². The first kappa shape index (κ1) is 11.9. The maximum Gasteiger partial charge on any atom is 0.313 e. The van der Waals surface area contributed by atoms with Gasteiger partial charge in [0.25, 0.3) is 0 Å². The average molecular weight is 248 g/mol. The molecule has 3 heteroatoms. The highest BCUT2D eigenvalue weighted by molar-refractivity contribution is 5.84. The molecule has 0 N–H and O–H groups in total. The molecule has 1 heterocycles. The zero-order valence-corrected chi connectivity index (χ0v) is 11.1. The Morgan fingerprint density at radius 1 is 1.50 bits per heavy atom. The zero-order chi connectivity index (χ0) is 13.1. The van der Waals surface area contributed by atoms with Gasteiger partial charge in [0.1, 0.15) is 12.4 Å². The first-order chi connectivity index (χ1) is 8.45. The second kappa shape index (κ2) is 3.46. The molecule has 2 saturated carbocycles. The van der Waals surface area contributed by atoms with Gasteiger partial charge >= 0.3 is 5.97 Å². The molecule has 0 aromatic rings. The average Bonchev–Trinajstić information content (AvgIpc) is 2.59. The largest absolute Gasteiger partial charge is 0.461 e. The van der Waals surface area contributed by atoms with E-state index in [-0.39, 0.29) is 29.8 Å². The monoisotopic (exact) mass is 248 g/mol. The molecule has 2 bridgehead atoms. The predicted molar refractivity (Wildman–Crippen MR) is 66.7 cm³/mol. The Morgan fingerprint density at radius 2 is 2.22 bits per heavy atom. The molecule has 3 nitrogen and oxygen atoms in total. The Bertz CT molecular complexity index is 441. The van der Waals surface area contributed by atoms with Gasteiger partial charge in [0.05, 0.1) is 5.41 Å². The molecule has 0 radical (unpaired) electrons. The molecule has 1 unspecified atom stereocenters. The van der Waals surface area contributed by atoms with Crippen LogP contribution in [0.2, 0.25) is 0 Å². The van der Waals surface area contributed by atoms with E-state index >= 15 is 0 Å². The lowest BCUT2D eigenvalue weighted by Gasteiger charge is -2.54. The summed E-state index contributed by atoms with van der Waals surface area (Å²) in [4.78, 5) is 23.2. The van der Waals surface area contributed by atoms with Gasteiger partial charge in [-0.05, 0) is 30.6 Å². The summed E-state index contributed by atoms with van der Waals surface area (Å²) in [5, 5.41) is 0. The molecule has 3 rings (SSSR count). The molecule has 5 atom stereocenters. The summed E-state index contributed by atoms with van der Waals surface area (Å²) in [6, 6.07) is 0. The van der Waals surface area contributed by atoms with Crippen molar-refractivity contribution in [2.24, 2.45) is 22.7 Å². The van der Waals surface area contributed by atoms with E-state index in [0.717, 1.165) is 31.1 Å². The molecule has 1 aliphatic heterocycles. The van der Waals surface area contributed by atoms with E-state index in [2.05, 4.69) is 20.4 Å². The molecule has 1 saturated heterocycles. The highest BCUT2D eigenvalue weighted by Crippen LogP contribution is 2.65. The molecule has 0 spiro atoms. The van der Waals surface area contributed by atoms with E-state index in [4.69, 9.17) is 4.74 Å². The van der Waals surface area contributed by atoms with Crippen molar-refractivity contribution < 1.29 is 14.3 Å². The third-order valence-corrected chi connectivity index (χ3v) is 5.95. The Hall–Kier alpha value is -1.12. The van der Waals surface area contributed by atoms with E-state index in [9.17, 15) is 9.59 Å². The molecule has 2 aliphatic carbocycles. The first-order valence-corrected chi connectivity index (χ1v) is 6.80. The van der Waals surface area contributed by atoms with Crippen LogP contribution >= 0.6 is 0 Å². The van der Waals surface area contributed by atoms with Crippen LogP contribution in [0.3, 0.4) is 0 Å². The lowest BCUT2D eigenvalue weighted by atomic mass is 9.48. The lowest BCUT2D eigenvalue weighted by Crippen LogP contribution is -2.51. The van der Waals surface area contributed by atoms with Gasteiger partial charge in [0.15, 0.2) is 0 Å².